The van der Waals surface area contributed by atoms with Gasteiger partial charge in [0, 0.05) is 0 Å². The van der Waals surface area contributed by atoms with Crippen molar-refractivity contribution in [3.8, 4) is 17.6 Å². The van der Waals surface area contributed by atoms with Crippen LogP contribution in [0.5, 0.6) is 11.5 Å². The van der Waals surface area contributed by atoms with Crippen LogP contribution in [0, 0.1) is 25.2 Å². The maximum absolute atomic E-state index is 12.7. The molecule has 1 heterocycles. The molecule has 1 aromatic heterocycles. The van der Waals surface area contributed by atoms with Gasteiger partial charge in [0.15, 0.2) is 11.5 Å². The number of aryl methyl sites for hydroxylation is 2. The van der Waals surface area contributed by atoms with Crippen LogP contribution in [0.3, 0.4) is 0 Å². The first-order valence-corrected chi connectivity index (χ1v) is 8.25. The molecule has 3 N–H and O–H groups in total. The highest BCUT2D eigenvalue weighted by Gasteiger charge is 2.14. The van der Waals surface area contributed by atoms with E-state index in [2.05, 4.69) is 10.4 Å². The molecule has 0 aliphatic rings. The van der Waals surface area contributed by atoms with Crippen LogP contribution in [0.4, 0.5) is 0 Å². The van der Waals surface area contributed by atoms with E-state index in [4.69, 9.17) is 0 Å². The van der Waals surface area contributed by atoms with Crippen molar-refractivity contribution in [3.05, 3.63) is 69.3 Å². The molecule has 0 saturated carbocycles. The van der Waals surface area contributed by atoms with Gasteiger partial charge in [-0.15, -0.1) is 0 Å². The number of aromatic hydroxyl groups is 2. The van der Waals surface area contributed by atoms with Gasteiger partial charge in [0.05, 0.1) is 10.9 Å². The summed E-state index contributed by atoms with van der Waals surface area (Å²) in [7, 11) is 0. The van der Waals surface area contributed by atoms with E-state index >= 15 is 0 Å². The van der Waals surface area contributed by atoms with E-state index in [0.717, 1.165) is 10.2 Å². The van der Waals surface area contributed by atoms with Gasteiger partial charge in [0.2, 0.25) is 0 Å². The first-order valence-electron chi connectivity index (χ1n) is 8.25. The number of amides is 1. The van der Waals surface area contributed by atoms with Crippen molar-refractivity contribution in [3.63, 3.8) is 0 Å². The van der Waals surface area contributed by atoms with Gasteiger partial charge in [-0.3, -0.25) is 15.0 Å². The van der Waals surface area contributed by atoms with Gasteiger partial charge in [-0.2, -0.15) is 5.26 Å². The smallest absolute Gasteiger partial charge is 0.280 e. The second kappa shape index (κ2) is 7.25. The lowest BCUT2D eigenvalue weighted by molar-refractivity contribution is -0.113. The number of nitrogens with one attached hydrogen (secondary N) is 1. The summed E-state index contributed by atoms with van der Waals surface area (Å²) in [5, 5.41) is 28.5. The van der Waals surface area contributed by atoms with Crippen molar-refractivity contribution in [2.24, 2.45) is 0 Å². The number of phenolic OH excluding ortho intramolecular Hbond substituents is 2. The summed E-state index contributed by atoms with van der Waals surface area (Å²) >= 11 is 0. The number of carbonyl (C=O) groups is 1. The number of nitrogens with zero attached hydrogens (tertiary/aromatic N) is 3. The van der Waals surface area contributed by atoms with Gasteiger partial charge in [-0.05, 0) is 49.8 Å². The summed E-state index contributed by atoms with van der Waals surface area (Å²) in [5.41, 5.74) is 3.35. The molecule has 0 saturated heterocycles. The van der Waals surface area contributed by atoms with Gasteiger partial charge >= 0.3 is 0 Å². The van der Waals surface area contributed by atoms with Crippen LogP contribution in [0.1, 0.15) is 17.0 Å². The lowest BCUT2D eigenvalue weighted by Gasteiger charge is -2.12. The third kappa shape index (κ3) is 3.54. The van der Waals surface area contributed by atoms with Gasteiger partial charge < -0.3 is 10.2 Å². The standard InChI is InChI=1S/C20H16N4O4/c1-11-3-5-16-15(7-11)20(28)24(12(2)22-16)23-19(27)14(10-21)8-13-4-6-17(25)18(26)9-13/h3-9,25-26H,1-2H3,(H,23,27)/b14-8+. The summed E-state index contributed by atoms with van der Waals surface area (Å²) in [6.45, 7) is 3.40. The van der Waals surface area contributed by atoms with Crippen LogP contribution < -0.4 is 11.0 Å². The van der Waals surface area contributed by atoms with Crippen LogP contribution >= 0.6 is 0 Å². The lowest BCUT2D eigenvalue weighted by atomic mass is 10.1. The van der Waals surface area contributed by atoms with Crippen molar-refractivity contribution in [2.45, 2.75) is 13.8 Å². The van der Waals surface area contributed by atoms with E-state index in [1.54, 1.807) is 25.1 Å². The Hall–Kier alpha value is -4.12. The van der Waals surface area contributed by atoms with Crippen LogP contribution in [-0.4, -0.2) is 25.8 Å². The van der Waals surface area contributed by atoms with E-state index < -0.39 is 11.5 Å². The SMILES string of the molecule is Cc1ccc2nc(C)n(NC(=O)/C(C#N)=C/c3ccc(O)c(O)c3)c(=O)c2c1. The first-order chi connectivity index (χ1) is 13.3. The Labute approximate surface area is 159 Å². The molecule has 0 unspecified atom stereocenters. The van der Waals surface area contributed by atoms with Gasteiger partial charge in [-0.25, -0.2) is 9.66 Å². The maximum atomic E-state index is 12.7. The molecule has 2 aromatic carbocycles. The van der Waals surface area contributed by atoms with E-state index in [-0.39, 0.29) is 22.9 Å². The Balaban J connectivity index is 1.99. The molecule has 3 rings (SSSR count). The zero-order valence-corrected chi connectivity index (χ0v) is 15.1. The van der Waals surface area contributed by atoms with Crippen molar-refractivity contribution >= 4 is 22.9 Å². The molecule has 0 aliphatic heterocycles. The molecule has 0 aliphatic carbocycles. The minimum Gasteiger partial charge on any atom is -0.504 e. The normalized spacial score (nSPS) is 11.2. The highest BCUT2D eigenvalue weighted by molar-refractivity contribution is 6.06. The van der Waals surface area contributed by atoms with Crippen molar-refractivity contribution in [2.75, 3.05) is 5.43 Å². The second-order valence-electron chi connectivity index (χ2n) is 6.18. The number of fused-ring (bicyclic) bond motifs is 1. The Morgan fingerprint density at radius 2 is 1.93 bits per heavy atom. The fourth-order valence-electron chi connectivity index (χ4n) is 2.65. The summed E-state index contributed by atoms with van der Waals surface area (Å²) in [6, 6.07) is 10.9. The lowest BCUT2D eigenvalue weighted by Crippen LogP contribution is -2.36. The molecular formula is C20H16N4O4. The molecule has 0 bridgehead atoms. The fourth-order valence-corrected chi connectivity index (χ4v) is 2.65. The number of aromatic nitrogens is 2. The Kier molecular flexibility index (Phi) is 4.83. The average Bonchev–Trinajstić information content (AvgIpc) is 2.66. The molecule has 0 radical (unpaired) electrons. The van der Waals surface area contributed by atoms with E-state index in [1.165, 1.54) is 24.3 Å². The highest BCUT2D eigenvalue weighted by atomic mass is 16.3. The fraction of sp³-hybridized carbons (Fsp3) is 0.100. The zero-order valence-electron chi connectivity index (χ0n) is 15.1. The number of benzene rings is 2. The van der Waals surface area contributed by atoms with Crippen LogP contribution in [-0.2, 0) is 4.79 Å². The quantitative estimate of drug-likeness (QED) is 0.365. The van der Waals surface area contributed by atoms with Crippen LogP contribution in [0.2, 0.25) is 0 Å². The van der Waals surface area contributed by atoms with E-state index in [9.17, 15) is 25.1 Å². The summed E-state index contributed by atoms with van der Waals surface area (Å²) in [5.74, 6) is -1.25. The Bertz CT molecular complexity index is 1240. The van der Waals surface area contributed by atoms with E-state index in [0.29, 0.717) is 16.5 Å². The molecule has 0 atom stereocenters. The van der Waals surface area contributed by atoms with Gasteiger partial charge in [0.25, 0.3) is 11.5 Å². The number of hydrogen-bond acceptors (Lipinski definition) is 6. The molecule has 0 spiro atoms. The molecule has 28 heavy (non-hydrogen) atoms. The van der Waals surface area contributed by atoms with Gasteiger partial charge in [-0.1, -0.05) is 17.7 Å². The minimum atomic E-state index is -0.811. The van der Waals surface area contributed by atoms with E-state index in [1.807, 2.05) is 13.0 Å². The Morgan fingerprint density at radius 3 is 2.61 bits per heavy atom. The zero-order chi connectivity index (χ0) is 20.4. The molecule has 8 heteroatoms. The number of nitriles is 1. The number of rotatable bonds is 3. The summed E-state index contributed by atoms with van der Waals surface area (Å²) < 4.78 is 0.990. The predicted octanol–water partition coefficient (Wildman–Crippen LogP) is 2.10. The third-order valence-corrected chi connectivity index (χ3v) is 4.08. The van der Waals surface area contributed by atoms with Crippen molar-refractivity contribution in [1.29, 1.82) is 5.26 Å². The van der Waals surface area contributed by atoms with Crippen molar-refractivity contribution < 1.29 is 15.0 Å². The number of phenols is 2. The highest BCUT2D eigenvalue weighted by Crippen LogP contribution is 2.25. The van der Waals surface area contributed by atoms with Crippen LogP contribution in [0.15, 0.2) is 46.8 Å². The topological polar surface area (TPSA) is 128 Å². The van der Waals surface area contributed by atoms with Gasteiger partial charge in [0.1, 0.15) is 17.5 Å². The average molecular weight is 376 g/mol. The molecule has 0 fully saturated rings. The molecular weight excluding hydrogens is 360 g/mol. The minimum absolute atomic E-state index is 0.259. The molecule has 1 amide bonds. The van der Waals surface area contributed by atoms with Crippen molar-refractivity contribution in [1.82, 2.24) is 9.66 Å². The molecule has 140 valence electrons. The third-order valence-electron chi connectivity index (χ3n) is 4.08. The maximum Gasteiger partial charge on any atom is 0.280 e. The monoisotopic (exact) mass is 376 g/mol. The Morgan fingerprint density at radius 1 is 1.18 bits per heavy atom. The number of carbonyl (C=O) groups excluding carboxylic acids is 1. The second-order valence-corrected chi connectivity index (χ2v) is 6.18. The first kappa shape index (κ1) is 18.7. The largest absolute Gasteiger partial charge is 0.504 e. The predicted molar refractivity (Wildman–Crippen MR) is 103 cm³/mol. The molecule has 8 nitrogen and oxygen atoms in total. The summed E-state index contributed by atoms with van der Waals surface area (Å²) in [6.07, 6.45) is 1.23. The van der Waals surface area contributed by atoms with Crippen LogP contribution in [0.25, 0.3) is 17.0 Å². The molecule has 3 aromatic rings. The number of hydrogen-bond donors (Lipinski definition) is 3. The summed E-state index contributed by atoms with van der Waals surface area (Å²) in [4.78, 5) is 29.5.